The number of nitrogens with zero attached hydrogens (tertiary/aromatic N) is 1. The number of nitrogens with one attached hydrogen (secondary N) is 1. The van der Waals surface area contributed by atoms with Gasteiger partial charge in [0.15, 0.2) is 0 Å². The summed E-state index contributed by atoms with van der Waals surface area (Å²) in [5.74, 6) is 1.94. The molecule has 1 aliphatic rings. The van der Waals surface area contributed by atoms with Crippen molar-refractivity contribution in [2.24, 2.45) is 5.92 Å². The number of halogens is 2. The second kappa shape index (κ2) is 7.20. The predicted molar refractivity (Wildman–Crippen MR) is 80.5 cm³/mol. The van der Waals surface area contributed by atoms with E-state index < -0.39 is 0 Å². The third kappa shape index (κ3) is 4.15. The van der Waals surface area contributed by atoms with Crippen LogP contribution in [0.5, 0.6) is 5.88 Å². The number of hydrogen-bond acceptors (Lipinski definition) is 3. The van der Waals surface area contributed by atoms with Crippen molar-refractivity contribution in [3.05, 3.63) is 16.1 Å². The van der Waals surface area contributed by atoms with Crippen molar-refractivity contribution < 1.29 is 4.74 Å². The lowest BCUT2D eigenvalue weighted by atomic mass is 9.83. The molecule has 19 heavy (non-hydrogen) atoms. The summed E-state index contributed by atoms with van der Waals surface area (Å²) in [6.07, 6.45) is 6.11. The zero-order valence-electron chi connectivity index (χ0n) is 11.2. The molecule has 0 amide bonds. The number of hydrogen-bond donors (Lipinski definition) is 1. The van der Waals surface area contributed by atoms with Crippen LogP contribution in [0.1, 0.15) is 39.0 Å². The highest BCUT2D eigenvalue weighted by atomic mass is 35.5. The monoisotopic (exact) mass is 302 g/mol. The third-order valence-electron chi connectivity index (χ3n) is 3.43. The highest BCUT2D eigenvalue weighted by Gasteiger charge is 2.17. The molecule has 0 bridgehead atoms. The Balaban J connectivity index is 1.93. The quantitative estimate of drug-likeness (QED) is 0.787. The molecule has 0 aliphatic heterocycles. The van der Waals surface area contributed by atoms with Gasteiger partial charge in [-0.25, -0.2) is 0 Å². The minimum atomic E-state index is 0.473. The standard InChI is InChI=1S/C14H20Cl2N2O/c1-2-7-17-13-11(15)9-12(16)14(18-13)19-8-6-10-4-3-5-10/h9-10H,2-8H2,1H3,(H,17,18). The minimum absolute atomic E-state index is 0.473. The van der Waals surface area contributed by atoms with Gasteiger partial charge in [0, 0.05) is 6.54 Å². The molecule has 2 rings (SSSR count). The van der Waals surface area contributed by atoms with Crippen LogP contribution in [0.4, 0.5) is 5.82 Å². The van der Waals surface area contributed by atoms with E-state index >= 15 is 0 Å². The number of rotatable bonds is 7. The molecule has 3 nitrogen and oxygen atoms in total. The van der Waals surface area contributed by atoms with Gasteiger partial charge in [-0.2, -0.15) is 4.98 Å². The van der Waals surface area contributed by atoms with Crippen molar-refractivity contribution in [2.45, 2.75) is 39.0 Å². The summed E-state index contributed by atoms with van der Waals surface area (Å²) >= 11 is 12.2. The van der Waals surface area contributed by atoms with Crippen LogP contribution in [0, 0.1) is 5.92 Å². The number of aromatic nitrogens is 1. The summed E-state index contributed by atoms with van der Waals surface area (Å²) in [4.78, 5) is 4.35. The van der Waals surface area contributed by atoms with E-state index in [4.69, 9.17) is 27.9 Å². The Bertz CT molecular complexity index is 422. The molecule has 0 atom stereocenters. The van der Waals surface area contributed by atoms with E-state index in [1.807, 2.05) is 0 Å². The van der Waals surface area contributed by atoms with E-state index in [0.29, 0.717) is 28.3 Å². The maximum absolute atomic E-state index is 6.10. The first-order chi connectivity index (χ1) is 9.20. The fourth-order valence-electron chi connectivity index (χ4n) is 2.02. The predicted octanol–water partition coefficient (Wildman–Crippen LogP) is 4.78. The Hall–Kier alpha value is -0.670. The average molecular weight is 303 g/mol. The third-order valence-corrected chi connectivity index (χ3v) is 3.99. The Morgan fingerprint density at radius 3 is 2.79 bits per heavy atom. The van der Waals surface area contributed by atoms with Crippen molar-refractivity contribution in [1.29, 1.82) is 0 Å². The molecule has 0 aromatic carbocycles. The van der Waals surface area contributed by atoms with Crippen molar-refractivity contribution in [3.63, 3.8) is 0 Å². The molecule has 1 saturated carbocycles. The van der Waals surface area contributed by atoms with Crippen molar-refractivity contribution in [1.82, 2.24) is 4.98 Å². The first-order valence-corrected chi connectivity index (χ1v) is 7.69. The van der Waals surface area contributed by atoms with Gasteiger partial charge in [0.05, 0.1) is 11.6 Å². The van der Waals surface area contributed by atoms with Crippen LogP contribution in [0.15, 0.2) is 6.07 Å². The molecule has 1 aromatic heterocycles. The van der Waals surface area contributed by atoms with Crippen LogP contribution in [0.2, 0.25) is 10.0 Å². The maximum atomic E-state index is 6.10. The first kappa shape index (κ1) is 14.7. The van der Waals surface area contributed by atoms with Crippen LogP contribution >= 0.6 is 23.2 Å². The molecule has 0 unspecified atom stereocenters. The summed E-state index contributed by atoms with van der Waals surface area (Å²) in [5, 5.41) is 4.18. The van der Waals surface area contributed by atoms with Crippen LogP contribution < -0.4 is 10.1 Å². The molecule has 1 heterocycles. The second-order valence-electron chi connectivity index (χ2n) is 4.97. The molecule has 0 saturated heterocycles. The van der Waals surface area contributed by atoms with E-state index in [-0.39, 0.29) is 0 Å². The Morgan fingerprint density at radius 1 is 1.37 bits per heavy atom. The lowest BCUT2D eigenvalue weighted by molar-refractivity contribution is 0.217. The highest BCUT2D eigenvalue weighted by Crippen LogP contribution is 2.32. The molecule has 0 radical (unpaired) electrons. The normalized spacial score (nSPS) is 15.1. The van der Waals surface area contributed by atoms with E-state index in [1.165, 1.54) is 19.3 Å². The van der Waals surface area contributed by atoms with Gasteiger partial charge in [-0.05, 0) is 24.8 Å². The topological polar surface area (TPSA) is 34.2 Å². The second-order valence-corrected chi connectivity index (χ2v) is 5.78. The van der Waals surface area contributed by atoms with Crippen molar-refractivity contribution in [3.8, 4) is 5.88 Å². The molecule has 1 fully saturated rings. The molecule has 5 heteroatoms. The van der Waals surface area contributed by atoms with Crippen molar-refractivity contribution >= 4 is 29.0 Å². The number of anilines is 1. The zero-order valence-corrected chi connectivity index (χ0v) is 12.7. The van der Waals surface area contributed by atoms with E-state index in [2.05, 4.69) is 17.2 Å². The van der Waals surface area contributed by atoms with Gasteiger partial charge < -0.3 is 10.1 Å². The Kier molecular flexibility index (Phi) is 5.59. The summed E-state index contributed by atoms with van der Waals surface area (Å²) in [6, 6.07) is 1.69. The molecular weight excluding hydrogens is 283 g/mol. The lowest BCUT2D eigenvalue weighted by Gasteiger charge is -2.25. The summed E-state index contributed by atoms with van der Waals surface area (Å²) in [6.45, 7) is 3.59. The van der Waals surface area contributed by atoms with Crippen LogP contribution in [0.25, 0.3) is 0 Å². The smallest absolute Gasteiger partial charge is 0.234 e. The molecule has 1 N–H and O–H groups in total. The first-order valence-electron chi connectivity index (χ1n) is 6.93. The number of ether oxygens (including phenoxy) is 1. The van der Waals surface area contributed by atoms with E-state index in [1.54, 1.807) is 6.07 Å². The van der Waals surface area contributed by atoms with Gasteiger partial charge in [0.2, 0.25) is 5.88 Å². The van der Waals surface area contributed by atoms with E-state index in [0.717, 1.165) is 25.3 Å². The molecule has 106 valence electrons. The zero-order chi connectivity index (χ0) is 13.7. The summed E-state index contributed by atoms with van der Waals surface area (Å²) < 4.78 is 5.68. The Morgan fingerprint density at radius 2 is 2.16 bits per heavy atom. The van der Waals surface area contributed by atoms with Crippen molar-refractivity contribution in [2.75, 3.05) is 18.5 Å². The van der Waals surface area contributed by atoms with Gasteiger partial charge in [-0.1, -0.05) is 49.4 Å². The number of pyridine rings is 1. The minimum Gasteiger partial charge on any atom is -0.477 e. The lowest BCUT2D eigenvalue weighted by Crippen LogP contribution is -2.15. The van der Waals surface area contributed by atoms with Gasteiger partial charge in [-0.15, -0.1) is 0 Å². The van der Waals surface area contributed by atoms with Gasteiger partial charge in [0.25, 0.3) is 0 Å². The van der Waals surface area contributed by atoms with Crippen LogP contribution in [-0.2, 0) is 0 Å². The molecule has 1 aromatic rings. The largest absolute Gasteiger partial charge is 0.477 e. The fraction of sp³-hybridized carbons (Fsp3) is 0.643. The highest BCUT2D eigenvalue weighted by molar-refractivity contribution is 6.36. The van der Waals surface area contributed by atoms with Gasteiger partial charge in [0.1, 0.15) is 10.8 Å². The van der Waals surface area contributed by atoms with Crippen LogP contribution in [-0.4, -0.2) is 18.1 Å². The Labute approximate surface area is 124 Å². The van der Waals surface area contributed by atoms with Gasteiger partial charge in [-0.3, -0.25) is 0 Å². The van der Waals surface area contributed by atoms with E-state index in [9.17, 15) is 0 Å². The maximum Gasteiger partial charge on any atom is 0.234 e. The summed E-state index contributed by atoms with van der Waals surface area (Å²) in [7, 11) is 0. The fourth-order valence-corrected chi connectivity index (χ4v) is 2.50. The SMILES string of the molecule is CCCNc1nc(OCCC2CCC2)c(Cl)cc1Cl. The molecular formula is C14H20Cl2N2O. The molecule has 0 spiro atoms. The van der Waals surface area contributed by atoms with Gasteiger partial charge >= 0.3 is 0 Å². The van der Waals surface area contributed by atoms with Crippen LogP contribution in [0.3, 0.4) is 0 Å². The summed E-state index contributed by atoms with van der Waals surface area (Å²) in [5.41, 5.74) is 0. The average Bonchev–Trinajstić information content (AvgIpc) is 2.33. The molecule has 1 aliphatic carbocycles.